The lowest BCUT2D eigenvalue weighted by molar-refractivity contribution is -0.883. The predicted octanol–water partition coefficient (Wildman–Crippen LogP) is 1.49. The zero-order chi connectivity index (χ0) is 16.7. The fourth-order valence-electron chi connectivity index (χ4n) is 2.62. The van der Waals surface area contributed by atoms with Crippen LogP contribution < -0.4 is 14.4 Å². The predicted molar refractivity (Wildman–Crippen MR) is 91.3 cm³/mol. The Morgan fingerprint density at radius 3 is 2.35 bits per heavy atom. The minimum Gasteiger partial charge on any atom is -0.493 e. The molecule has 0 spiro atoms. The maximum atomic E-state index is 10.3. The van der Waals surface area contributed by atoms with Crippen LogP contribution in [0, 0.1) is 0 Å². The van der Waals surface area contributed by atoms with Gasteiger partial charge in [-0.05, 0) is 23.3 Å². The molecule has 0 radical (unpaired) electrons. The lowest BCUT2D eigenvalue weighted by Gasteiger charge is -2.18. The summed E-state index contributed by atoms with van der Waals surface area (Å²) < 4.78 is 10.6. The molecule has 0 aliphatic rings. The number of hydrogen-bond acceptors (Lipinski definition) is 3. The van der Waals surface area contributed by atoms with Crippen molar-refractivity contribution < 1.29 is 19.5 Å². The fourth-order valence-corrected chi connectivity index (χ4v) is 2.62. The van der Waals surface area contributed by atoms with E-state index in [1.165, 1.54) is 10.5 Å². The molecule has 0 aliphatic heterocycles. The van der Waals surface area contributed by atoms with Crippen LogP contribution in [0.2, 0.25) is 0 Å². The first-order valence-electron chi connectivity index (χ1n) is 7.89. The molecule has 0 aromatic heterocycles. The molecule has 2 aromatic rings. The number of aliphatic hydroxyl groups is 1. The number of quaternary nitrogens is 1. The summed E-state index contributed by atoms with van der Waals surface area (Å²) >= 11 is 0. The van der Waals surface area contributed by atoms with Crippen LogP contribution in [-0.4, -0.2) is 39.5 Å². The molecular formula is C19H26NO3+. The van der Waals surface area contributed by atoms with E-state index >= 15 is 0 Å². The van der Waals surface area contributed by atoms with Crippen LogP contribution in [0.1, 0.15) is 17.2 Å². The van der Waals surface area contributed by atoms with Crippen molar-refractivity contribution in [3.63, 3.8) is 0 Å². The van der Waals surface area contributed by atoms with Crippen molar-refractivity contribution in [1.29, 1.82) is 0 Å². The molecule has 4 nitrogen and oxygen atoms in total. The average molecular weight is 316 g/mol. The van der Waals surface area contributed by atoms with E-state index in [0.29, 0.717) is 6.54 Å². The standard InChI is InChI=1S/C19H25NO3/c1-20(14-17(21)16-7-5-4-6-8-16)12-11-15-9-10-18(22-2)19(13-15)23-3/h4-10,13,17,21H,11-12,14H2,1-3H3/p+1/t17-/m0/s1. The van der Waals surface area contributed by atoms with E-state index in [1.807, 2.05) is 42.5 Å². The largest absolute Gasteiger partial charge is 0.493 e. The lowest BCUT2D eigenvalue weighted by Crippen LogP contribution is -3.09. The van der Waals surface area contributed by atoms with Crippen molar-refractivity contribution in [3.8, 4) is 11.5 Å². The van der Waals surface area contributed by atoms with Gasteiger partial charge in [-0.15, -0.1) is 0 Å². The van der Waals surface area contributed by atoms with Gasteiger partial charge in [-0.25, -0.2) is 0 Å². The summed E-state index contributed by atoms with van der Waals surface area (Å²) in [5.74, 6) is 1.50. The third-order valence-corrected chi connectivity index (χ3v) is 4.01. The summed E-state index contributed by atoms with van der Waals surface area (Å²) in [5, 5.41) is 10.3. The van der Waals surface area contributed by atoms with E-state index in [9.17, 15) is 5.11 Å². The minimum atomic E-state index is -0.429. The molecule has 0 fully saturated rings. The number of hydrogen-bond donors (Lipinski definition) is 2. The van der Waals surface area contributed by atoms with Crippen LogP contribution >= 0.6 is 0 Å². The van der Waals surface area contributed by atoms with Gasteiger partial charge in [0, 0.05) is 6.42 Å². The number of likely N-dealkylation sites (N-methyl/N-ethyl adjacent to an activating group) is 1. The highest BCUT2D eigenvalue weighted by Gasteiger charge is 2.13. The van der Waals surface area contributed by atoms with Crippen molar-refractivity contribution in [1.82, 2.24) is 0 Å². The molecule has 0 heterocycles. The quantitative estimate of drug-likeness (QED) is 0.775. The highest BCUT2D eigenvalue weighted by molar-refractivity contribution is 5.42. The van der Waals surface area contributed by atoms with Crippen molar-refractivity contribution in [2.45, 2.75) is 12.5 Å². The molecule has 1 unspecified atom stereocenters. The van der Waals surface area contributed by atoms with Crippen LogP contribution in [0.4, 0.5) is 0 Å². The lowest BCUT2D eigenvalue weighted by atomic mass is 10.1. The number of benzene rings is 2. The van der Waals surface area contributed by atoms with Gasteiger partial charge < -0.3 is 19.5 Å². The molecule has 2 rings (SSSR count). The third-order valence-electron chi connectivity index (χ3n) is 4.01. The molecule has 23 heavy (non-hydrogen) atoms. The molecule has 0 bridgehead atoms. The monoisotopic (exact) mass is 316 g/mol. The number of aliphatic hydroxyl groups excluding tert-OH is 1. The highest BCUT2D eigenvalue weighted by atomic mass is 16.5. The van der Waals surface area contributed by atoms with E-state index in [-0.39, 0.29) is 0 Å². The number of nitrogens with one attached hydrogen (secondary N) is 1. The number of ether oxygens (including phenoxy) is 2. The first kappa shape index (κ1) is 17.3. The Bertz CT molecular complexity index is 601. The Morgan fingerprint density at radius 1 is 1.00 bits per heavy atom. The molecular weight excluding hydrogens is 290 g/mol. The van der Waals surface area contributed by atoms with Gasteiger partial charge in [-0.2, -0.15) is 0 Å². The van der Waals surface area contributed by atoms with E-state index < -0.39 is 6.10 Å². The van der Waals surface area contributed by atoms with Crippen LogP contribution in [0.3, 0.4) is 0 Å². The van der Waals surface area contributed by atoms with Gasteiger partial charge in [0.25, 0.3) is 0 Å². The molecule has 2 N–H and O–H groups in total. The van der Waals surface area contributed by atoms with Gasteiger partial charge in [0.15, 0.2) is 11.5 Å². The molecule has 0 saturated carbocycles. The summed E-state index contributed by atoms with van der Waals surface area (Å²) in [6, 6.07) is 15.8. The van der Waals surface area contributed by atoms with Gasteiger partial charge >= 0.3 is 0 Å². The normalized spacial score (nSPS) is 13.4. The highest BCUT2D eigenvalue weighted by Crippen LogP contribution is 2.27. The maximum absolute atomic E-state index is 10.3. The molecule has 2 atom stereocenters. The van der Waals surface area contributed by atoms with Crippen molar-refractivity contribution in [2.75, 3.05) is 34.4 Å². The second-order valence-corrected chi connectivity index (χ2v) is 5.78. The summed E-state index contributed by atoms with van der Waals surface area (Å²) in [4.78, 5) is 1.29. The SMILES string of the molecule is COc1ccc(CC[NH+](C)C[C@H](O)c2ccccc2)cc1OC. The summed E-state index contributed by atoms with van der Waals surface area (Å²) in [6.45, 7) is 1.64. The molecule has 0 saturated heterocycles. The zero-order valence-electron chi connectivity index (χ0n) is 14.1. The Labute approximate surface area is 138 Å². The van der Waals surface area contributed by atoms with E-state index in [4.69, 9.17) is 9.47 Å². The second-order valence-electron chi connectivity index (χ2n) is 5.78. The zero-order valence-corrected chi connectivity index (χ0v) is 14.1. The van der Waals surface area contributed by atoms with Crippen LogP contribution in [0.25, 0.3) is 0 Å². The van der Waals surface area contributed by atoms with E-state index in [1.54, 1.807) is 14.2 Å². The average Bonchev–Trinajstić information content (AvgIpc) is 2.60. The minimum absolute atomic E-state index is 0.429. The van der Waals surface area contributed by atoms with Gasteiger partial charge in [0.1, 0.15) is 12.6 Å². The van der Waals surface area contributed by atoms with Crippen LogP contribution in [0.15, 0.2) is 48.5 Å². The van der Waals surface area contributed by atoms with Crippen molar-refractivity contribution in [3.05, 3.63) is 59.7 Å². The fraction of sp³-hybridized carbons (Fsp3) is 0.368. The van der Waals surface area contributed by atoms with Gasteiger partial charge in [-0.1, -0.05) is 36.4 Å². The summed E-state index contributed by atoms with van der Waals surface area (Å²) in [7, 11) is 5.39. The first-order valence-corrected chi connectivity index (χ1v) is 7.89. The van der Waals surface area contributed by atoms with Gasteiger partial charge in [0.2, 0.25) is 0 Å². The number of rotatable bonds is 8. The van der Waals surface area contributed by atoms with Crippen LogP contribution in [0.5, 0.6) is 11.5 Å². The van der Waals surface area contributed by atoms with Crippen molar-refractivity contribution >= 4 is 0 Å². The Hall–Kier alpha value is -2.04. The topological polar surface area (TPSA) is 43.1 Å². The Balaban J connectivity index is 1.88. The molecule has 124 valence electrons. The number of methoxy groups -OCH3 is 2. The maximum Gasteiger partial charge on any atom is 0.160 e. The van der Waals surface area contributed by atoms with Gasteiger partial charge in [-0.3, -0.25) is 0 Å². The summed E-state index contributed by atoms with van der Waals surface area (Å²) in [5.41, 5.74) is 2.18. The van der Waals surface area contributed by atoms with Crippen molar-refractivity contribution in [2.24, 2.45) is 0 Å². The van der Waals surface area contributed by atoms with E-state index in [0.717, 1.165) is 30.0 Å². The Morgan fingerprint density at radius 2 is 1.70 bits per heavy atom. The van der Waals surface area contributed by atoms with Gasteiger partial charge in [0.05, 0.1) is 27.8 Å². The Kier molecular flexibility index (Phi) is 6.44. The second kappa shape index (κ2) is 8.56. The third kappa shape index (κ3) is 4.98. The molecule has 4 heteroatoms. The molecule has 0 aliphatic carbocycles. The van der Waals surface area contributed by atoms with E-state index in [2.05, 4.69) is 13.1 Å². The van der Waals surface area contributed by atoms with Crippen LogP contribution in [-0.2, 0) is 6.42 Å². The summed E-state index contributed by atoms with van der Waals surface area (Å²) in [6.07, 6.45) is 0.495. The molecule has 2 aromatic carbocycles. The first-order chi connectivity index (χ1) is 11.1. The molecule has 0 amide bonds. The smallest absolute Gasteiger partial charge is 0.160 e.